The molecule has 0 atom stereocenters. The second kappa shape index (κ2) is 9.78. The number of nitrogen functional groups attached to an aromatic ring is 1. The number of anilines is 1. The Bertz CT molecular complexity index is 1270. The summed E-state index contributed by atoms with van der Waals surface area (Å²) in [5, 5.41) is 3.35. The third-order valence-corrected chi connectivity index (χ3v) is 5.15. The lowest BCUT2D eigenvalue weighted by atomic mass is 10.0. The minimum Gasteiger partial charge on any atom is -0.490 e. The number of rotatable bonds is 8. The summed E-state index contributed by atoms with van der Waals surface area (Å²) in [4.78, 5) is 41.4. The Morgan fingerprint density at radius 3 is 2.38 bits per heavy atom. The number of nitrogens with zero attached hydrogens (tertiary/aromatic N) is 1. The van der Waals surface area contributed by atoms with Crippen LogP contribution >= 0.6 is 0 Å². The van der Waals surface area contributed by atoms with Crippen LogP contribution in [0.2, 0.25) is 0 Å². The number of aromatic nitrogens is 1. The lowest BCUT2D eigenvalue weighted by Crippen LogP contribution is -2.48. The summed E-state index contributed by atoms with van der Waals surface area (Å²) < 4.78 is 11.2. The average molecular weight is 465 g/mol. The Morgan fingerprint density at radius 2 is 1.74 bits per heavy atom. The summed E-state index contributed by atoms with van der Waals surface area (Å²) in [6.45, 7) is 7.24. The van der Waals surface area contributed by atoms with Crippen molar-refractivity contribution in [2.45, 2.75) is 33.2 Å². The van der Waals surface area contributed by atoms with Crippen molar-refractivity contribution in [1.82, 2.24) is 10.3 Å². The standard InChI is InChI=1S/C25H28N4O5/c1-5-33-24(32)19-14(2)28-17-11-8-12-18(20(17)21(19)26)34-13-25(3,4)29-23(31)16-10-7-6-9-15(16)22(27)30/h6-12H,5,13H2,1-4H3,(H2,26,28)(H2,27,30)(H,29,31). The molecule has 0 unspecified atom stereocenters. The molecule has 34 heavy (non-hydrogen) atoms. The molecule has 0 spiro atoms. The molecule has 2 aromatic carbocycles. The number of hydrogen-bond acceptors (Lipinski definition) is 7. The molecule has 3 rings (SSSR count). The monoisotopic (exact) mass is 464 g/mol. The smallest absolute Gasteiger partial charge is 0.342 e. The quantitative estimate of drug-likeness (QED) is 0.434. The first-order valence-electron chi connectivity index (χ1n) is 10.8. The van der Waals surface area contributed by atoms with Gasteiger partial charge in [0.25, 0.3) is 5.91 Å². The van der Waals surface area contributed by atoms with Crippen molar-refractivity contribution in [3.05, 3.63) is 64.8 Å². The number of carbonyl (C=O) groups is 3. The highest BCUT2D eigenvalue weighted by molar-refractivity contribution is 6.08. The van der Waals surface area contributed by atoms with Gasteiger partial charge in [0, 0.05) is 0 Å². The molecular formula is C25H28N4O5. The van der Waals surface area contributed by atoms with Crippen LogP contribution in [0.3, 0.4) is 0 Å². The van der Waals surface area contributed by atoms with Crippen molar-refractivity contribution in [1.29, 1.82) is 0 Å². The normalized spacial score (nSPS) is 11.2. The van der Waals surface area contributed by atoms with E-state index < -0.39 is 23.3 Å². The average Bonchev–Trinajstić information content (AvgIpc) is 2.77. The molecule has 0 bridgehead atoms. The molecular weight excluding hydrogens is 436 g/mol. The lowest BCUT2D eigenvalue weighted by Gasteiger charge is -2.27. The molecule has 0 aliphatic rings. The van der Waals surface area contributed by atoms with Crippen LogP contribution in [0.5, 0.6) is 5.75 Å². The summed E-state index contributed by atoms with van der Waals surface area (Å²) in [6.07, 6.45) is 0. The fourth-order valence-corrected chi connectivity index (χ4v) is 3.59. The topological polar surface area (TPSA) is 147 Å². The van der Waals surface area contributed by atoms with Crippen molar-refractivity contribution < 1.29 is 23.9 Å². The zero-order valence-electron chi connectivity index (χ0n) is 19.6. The van der Waals surface area contributed by atoms with Gasteiger partial charge in [0.15, 0.2) is 0 Å². The number of hydrogen-bond donors (Lipinski definition) is 3. The fourth-order valence-electron chi connectivity index (χ4n) is 3.59. The van der Waals surface area contributed by atoms with Crippen LogP contribution in [0.1, 0.15) is 57.5 Å². The summed E-state index contributed by atoms with van der Waals surface area (Å²) >= 11 is 0. The summed E-state index contributed by atoms with van der Waals surface area (Å²) in [5.74, 6) is -1.29. The summed E-state index contributed by atoms with van der Waals surface area (Å²) in [7, 11) is 0. The van der Waals surface area contributed by atoms with Crippen molar-refractivity contribution >= 4 is 34.4 Å². The maximum Gasteiger partial charge on any atom is 0.342 e. The van der Waals surface area contributed by atoms with Gasteiger partial charge in [0.1, 0.15) is 17.9 Å². The molecule has 1 aromatic heterocycles. The number of carbonyl (C=O) groups excluding carboxylic acids is 3. The van der Waals surface area contributed by atoms with Gasteiger partial charge >= 0.3 is 5.97 Å². The molecule has 0 aliphatic carbocycles. The Hall–Kier alpha value is -4.14. The second-order valence-corrected chi connectivity index (χ2v) is 8.39. The minimum absolute atomic E-state index is 0.0681. The number of ether oxygens (including phenoxy) is 2. The van der Waals surface area contributed by atoms with Gasteiger partial charge in [0.05, 0.1) is 45.6 Å². The molecule has 0 aliphatic heterocycles. The van der Waals surface area contributed by atoms with E-state index in [0.717, 1.165) is 0 Å². The van der Waals surface area contributed by atoms with Gasteiger partial charge in [-0.15, -0.1) is 0 Å². The zero-order valence-corrected chi connectivity index (χ0v) is 19.6. The van der Waals surface area contributed by atoms with Gasteiger partial charge < -0.3 is 26.3 Å². The number of amides is 2. The number of primary amides is 1. The maximum atomic E-state index is 12.8. The van der Waals surface area contributed by atoms with Gasteiger partial charge in [-0.1, -0.05) is 18.2 Å². The van der Waals surface area contributed by atoms with E-state index in [1.165, 1.54) is 12.1 Å². The van der Waals surface area contributed by atoms with Crippen LogP contribution in [0, 0.1) is 6.92 Å². The highest BCUT2D eigenvalue weighted by Crippen LogP contribution is 2.34. The van der Waals surface area contributed by atoms with Gasteiger partial charge in [-0.2, -0.15) is 0 Å². The number of nitrogens with two attached hydrogens (primary N) is 2. The first-order chi connectivity index (χ1) is 16.1. The predicted octanol–water partition coefficient (Wildman–Crippen LogP) is 2.99. The highest BCUT2D eigenvalue weighted by atomic mass is 16.5. The molecule has 9 heteroatoms. The van der Waals surface area contributed by atoms with Crippen molar-refractivity contribution in [2.24, 2.45) is 5.73 Å². The number of benzene rings is 2. The first kappa shape index (κ1) is 24.5. The molecule has 1 heterocycles. The van der Waals surface area contributed by atoms with Crippen LogP contribution < -0.4 is 21.5 Å². The van der Waals surface area contributed by atoms with Gasteiger partial charge in [-0.3, -0.25) is 14.6 Å². The molecule has 9 nitrogen and oxygen atoms in total. The number of aryl methyl sites for hydroxylation is 1. The Balaban J connectivity index is 1.87. The van der Waals surface area contributed by atoms with Crippen LogP contribution in [0.25, 0.3) is 10.9 Å². The van der Waals surface area contributed by atoms with Crippen LogP contribution in [-0.2, 0) is 4.74 Å². The molecule has 2 amide bonds. The van der Waals surface area contributed by atoms with E-state index in [0.29, 0.717) is 22.3 Å². The molecule has 5 N–H and O–H groups in total. The van der Waals surface area contributed by atoms with E-state index in [9.17, 15) is 14.4 Å². The van der Waals surface area contributed by atoms with Gasteiger partial charge in [0.2, 0.25) is 5.91 Å². The third kappa shape index (κ3) is 5.09. The Kier molecular flexibility index (Phi) is 7.05. The first-order valence-corrected chi connectivity index (χ1v) is 10.8. The van der Waals surface area contributed by atoms with E-state index in [1.807, 2.05) is 0 Å². The van der Waals surface area contributed by atoms with Crippen molar-refractivity contribution in [3.63, 3.8) is 0 Å². The van der Waals surface area contributed by atoms with Crippen LogP contribution in [0.4, 0.5) is 5.69 Å². The highest BCUT2D eigenvalue weighted by Gasteiger charge is 2.26. The van der Waals surface area contributed by atoms with E-state index in [1.54, 1.807) is 58.0 Å². The van der Waals surface area contributed by atoms with E-state index in [2.05, 4.69) is 10.3 Å². The molecule has 0 fully saturated rings. The molecule has 0 saturated carbocycles. The largest absolute Gasteiger partial charge is 0.490 e. The van der Waals surface area contributed by atoms with Gasteiger partial charge in [-0.25, -0.2) is 4.79 Å². The Labute approximate surface area is 197 Å². The number of esters is 1. The number of pyridine rings is 1. The SMILES string of the molecule is CCOC(=O)c1c(C)nc2cccc(OCC(C)(C)NC(=O)c3ccccc3C(N)=O)c2c1N. The zero-order chi connectivity index (χ0) is 25.0. The molecule has 0 radical (unpaired) electrons. The second-order valence-electron chi connectivity index (χ2n) is 8.39. The van der Waals surface area contributed by atoms with Crippen LogP contribution in [0.15, 0.2) is 42.5 Å². The minimum atomic E-state index is -0.832. The third-order valence-electron chi connectivity index (χ3n) is 5.15. The number of fused-ring (bicyclic) bond motifs is 1. The van der Waals surface area contributed by atoms with Crippen LogP contribution in [-0.4, -0.2) is 41.5 Å². The summed E-state index contributed by atoms with van der Waals surface area (Å²) in [6, 6.07) is 11.6. The van der Waals surface area contributed by atoms with Gasteiger partial charge in [-0.05, 0) is 52.0 Å². The number of nitrogens with one attached hydrogen (secondary N) is 1. The molecule has 3 aromatic rings. The summed E-state index contributed by atoms with van der Waals surface area (Å²) in [5.41, 5.74) is 12.7. The van der Waals surface area contributed by atoms with E-state index in [4.69, 9.17) is 20.9 Å². The maximum absolute atomic E-state index is 12.8. The van der Waals surface area contributed by atoms with E-state index in [-0.39, 0.29) is 35.6 Å². The molecule has 0 saturated heterocycles. The van der Waals surface area contributed by atoms with E-state index >= 15 is 0 Å². The predicted molar refractivity (Wildman–Crippen MR) is 129 cm³/mol. The Morgan fingerprint density at radius 1 is 1.06 bits per heavy atom. The van der Waals surface area contributed by atoms with Crippen molar-refractivity contribution in [2.75, 3.05) is 18.9 Å². The molecule has 178 valence electrons. The van der Waals surface area contributed by atoms with Crippen molar-refractivity contribution in [3.8, 4) is 5.75 Å². The lowest BCUT2D eigenvalue weighted by molar-refractivity contribution is 0.0526. The fraction of sp³-hybridized carbons (Fsp3) is 0.280.